The van der Waals surface area contributed by atoms with Gasteiger partial charge in [0.2, 0.25) is 11.9 Å². The number of nitrogens with zero attached hydrogens (tertiary/aromatic N) is 8. The van der Waals surface area contributed by atoms with Crippen LogP contribution in [0.1, 0.15) is 122 Å². The summed E-state index contributed by atoms with van der Waals surface area (Å²) in [7, 11) is 0. The van der Waals surface area contributed by atoms with E-state index >= 15 is 0 Å². The highest BCUT2D eigenvalue weighted by molar-refractivity contribution is 6.36. The topological polar surface area (TPSA) is 197 Å². The number of nitrogens with one attached hydrogen (secondary N) is 6. The molecule has 18 nitrogen and oxygen atoms in total. The van der Waals surface area contributed by atoms with E-state index in [4.69, 9.17) is 37.7 Å². The molecule has 4 saturated heterocycles. The summed E-state index contributed by atoms with van der Waals surface area (Å²) in [6, 6.07) is 9.32. The number of hydrogen-bond acceptors (Lipinski definition) is 14. The highest BCUT2D eigenvalue weighted by Gasteiger charge is 2.34. The lowest BCUT2D eigenvalue weighted by molar-refractivity contribution is 0.0582. The number of hydrogen-bond donors (Lipinski definition) is 6. The Labute approximate surface area is 453 Å². The summed E-state index contributed by atoms with van der Waals surface area (Å²) >= 11 is 12.8. The Balaban J connectivity index is 0.000000153. The summed E-state index contributed by atoms with van der Waals surface area (Å²) in [5.74, 6) is 3.95. The number of halogens is 2. The molecule has 402 valence electrons. The molecule has 0 unspecified atom stereocenters. The largest absolute Gasteiger partial charge is 0.491 e. The van der Waals surface area contributed by atoms with Crippen LogP contribution in [-0.2, 0) is 12.8 Å². The molecule has 6 N–H and O–H groups in total. The number of aromatic nitrogens is 6. The summed E-state index contributed by atoms with van der Waals surface area (Å²) in [5.41, 5.74) is 6.29. The first kappa shape index (κ1) is 50.7. The molecule has 0 bridgehead atoms. The average Bonchev–Trinajstić information content (AvgIpc) is 4.29. The molecule has 2 aromatic carbocycles. The smallest absolute Gasteiger partial charge is 0.254 e. The summed E-state index contributed by atoms with van der Waals surface area (Å²) < 4.78 is 12.1. The highest BCUT2D eigenvalue weighted by Crippen LogP contribution is 2.41. The zero-order valence-corrected chi connectivity index (χ0v) is 45.1. The Morgan fingerprint density at radius 1 is 0.592 bits per heavy atom. The second-order valence-corrected chi connectivity index (χ2v) is 22.3. The molecule has 13 rings (SSSR count). The maximum atomic E-state index is 13.6. The molecule has 1 aliphatic carbocycles. The maximum absolute atomic E-state index is 13.6. The van der Waals surface area contributed by atoms with E-state index in [0.717, 1.165) is 127 Å². The van der Waals surface area contributed by atoms with Crippen LogP contribution in [0.15, 0.2) is 36.7 Å². The van der Waals surface area contributed by atoms with Gasteiger partial charge >= 0.3 is 0 Å². The number of ether oxygens (including phenoxy) is 2. The lowest BCUT2D eigenvalue weighted by atomic mass is 9.93. The number of fused-ring (bicyclic) bond motifs is 4. The van der Waals surface area contributed by atoms with Gasteiger partial charge in [-0.1, -0.05) is 36.0 Å². The zero-order chi connectivity index (χ0) is 51.7. The Morgan fingerprint density at radius 2 is 1.05 bits per heavy atom. The first-order valence-corrected chi connectivity index (χ1v) is 28.8. The lowest BCUT2D eigenvalue weighted by Crippen LogP contribution is -2.48. The van der Waals surface area contributed by atoms with E-state index in [1.54, 1.807) is 12.4 Å². The molecule has 0 spiro atoms. The van der Waals surface area contributed by atoms with Gasteiger partial charge in [0.15, 0.2) is 0 Å². The minimum Gasteiger partial charge on any atom is -0.491 e. The van der Waals surface area contributed by atoms with Crippen LogP contribution in [0.2, 0.25) is 10.0 Å². The first-order valence-electron chi connectivity index (χ1n) is 28.0. The van der Waals surface area contributed by atoms with Crippen LogP contribution in [0, 0.1) is 0 Å². The van der Waals surface area contributed by atoms with Gasteiger partial charge in [0.05, 0.1) is 45.4 Å². The molecule has 6 aromatic rings. The van der Waals surface area contributed by atoms with E-state index in [9.17, 15) is 9.59 Å². The molecule has 4 aromatic heterocycles. The Bertz CT molecular complexity index is 3080. The summed E-state index contributed by atoms with van der Waals surface area (Å²) in [5, 5.41) is 16.2. The second kappa shape index (κ2) is 22.5. The molecule has 5 fully saturated rings. The Hall–Kier alpha value is -6.08. The number of likely N-dealkylation sites (tertiary alicyclic amines) is 4. The molecule has 76 heavy (non-hydrogen) atoms. The SMILES string of the molecule is CCNc1nc(Nc2ccc(C(=O)N3CCC(N4CCCCC4)CC3)c3c2OCC3)nc2[nH]cc(Cl)c12.O=C(c1ccc(Nc2nc(NC3CCC3)c3c(Cl)c[nH]c3n2)c2c1CCO2)N1CCC(N2CCCCC2)CC1. The third-order valence-corrected chi connectivity index (χ3v) is 17.3. The van der Waals surface area contributed by atoms with Gasteiger partial charge in [-0.25, -0.2) is 0 Å². The summed E-state index contributed by atoms with van der Waals surface area (Å²) in [6.07, 6.45) is 20.5. The number of carbonyl (C=O) groups excluding carboxylic acids is 2. The van der Waals surface area contributed by atoms with Gasteiger partial charge in [-0.15, -0.1) is 0 Å². The fourth-order valence-electron chi connectivity index (χ4n) is 12.5. The van der Waals surface area contributed by atoms with E-state index in [1.165, 1.54) is 71.1 Å². The molecule has 20 heteroatoms. The minimum absolute atomic E-state index is 0.110. The quantitative estimate of drug-likeness (QED) is 0.0677. The van der Waals surface area contributed by atoms with Gasteiger partial charge in [0.1, 0.15) is 34.4 Å². The molecule has 6 aliphatic heterocycles. The number of benzene rings is 2. The summed E-state index contributed by atoms with van der Waals surface area (Å²) in [4.78, 5) is 61.5. The third kappa shape index (κ3) is 10.4. The number of aromatic amines is 2. The number of anilines is 6. The van der Waals surface area contributed by atoms with Crippen molar-refractivity contribution in [2.45, 2.75) is 121 Å². The number of rotatable bonds is 12. The first-order chi connectivity index (χ1) is 37.3. The van der Waals surface area contributed by atoms with Crippen molar-refractivity contribution in [3.05, 3.63) is 69.0 Å². The van der Waals surface area contributed by atoms with E-state index in [1.807, 2.05) is 41.0 Å². The van der Waals surface area contributed by atoms with Crippen LogP contribution in [0.5, 0.6) is 11.5 Å². The van der Waals surface area contributed by atoms with Crippen LogP contribution in [-0.4, -0.2) is 152 Å². The molecule has 10 heterocycles. The van der Waals surface area contributed by atoms with Gasteiger partial charge < -0.3 is 60.3 Å². The van der Waals surface area contributed by atoms with Gasteiger partial charge in [-0.3, -0.25) is 9.59 Å². The van der Waals surface area contributed by atoms with E-state index < -0.39 is 0 Å². The van der Waals surface area contributed by atoms with Gasteiger partial charge in [-0.05, 0) is 128 Å². The average molecular weight is 1070 g/mol. The van der Waals surface area contributed by atoms with E-state index in [-0.39, 0.29) is 11.8 Å². The maximum Gasteiger partial charge on any atom is 0.254 e. The molecule has 0 radical (unpaired) electrons. The van der Waals surface area contributed by atoms with Crippen molar-refractivity contribution in [1.82, 2.24) is 49.5 Å². The molecular weight excluding hydrogens is 1000 g/mol. The normalized spacial score (nSPS) is 19.6. The monoisotopic (exact) mass is 1070 g/mol. The van der Waals surface area contributed by atoms with Crippen molar-refractivity contribution in [2.75, 3.05) is 93.4 Å². The van der Waals surface area contributed by atoms with E-state index in [0.29, 0.717) is 89.1 Å². The van der Waals surface area contributed by atoms with Crippen molar-refractivity contribution in [3.8, 4) is 11.5 Å². The predicted octanol–water partition coefficient (Wildman–Crippen LogP) is 10.2. The van der Waals surface area contributed by atoms with Gasteiger partial charge in [0.25, 0.3) is 11.8 Å². The predicted molar refractivity (Wildman–Crippen MR) is 300 cm³/mol. The van der Waals surface area contributed by atoms with Crippen molar-refractivity contribution in [1.29, 1.82) is 0 Å². The Kier molecular flexibility index (Phi) is 15.0. The van der Waals surface area contributed by atoms with Crippen LogP contribution in [0.25, 0.3) is 22.1 Å². The fraction of sp³-hybridized carbons (Fsp3) is 0.536. The third-order valence-electron chi connectivity index (χ3n) is 16.7. The number of piperidine rings is 4. The van der Waals surface area contributed by atoms with Gasteiger partial charge in [-0.2, -0.15) is 19.9 Å². The number of H-pyrrole nitrogens is 2. The van der Waals surface area contributed by atoms with Crippen molar-refractivity contribution in [3.63, 3.8) is 0 Å². The minimum atomic E-state index is 0.110. The number of amides is 2. The molecule has 1 saturated carbocycles. The zero-order valence-electron chi connectivity index (χ0n) is 43.5. The van der Waals surface area contributed by atoms with Crippen molar-refractivity contribution in [2.24, 2.45) is 0 Å². The molecule has 0 atom stereocenters. The summed E-state index contributed by atoms with van der Waals surface area (Å²) in [6.45, 7) is 11.9. The fourth-order valence-corrected chi connectivity index (χ4v) is 12.9. The van der Waals surface area contributed by atoms with Crippen molar-refractivity contribution >= 4 is 92.0 Å². The second-order valence-electron chi connectivity index (χ2n) is 21.4. The van der Waals surface area contributed by atoms with Crippen LogP contribution in [0.4, 0.5) is 34.9 Å². The van der Waals surface area contributed by atoms with E-state index in [2.05, 4.69) is 56.0 Å². The van der Waals surface area contributed by atoms with Crippen LogP contribution < -0.4 is 30.7 Å². The highest BCUT2D eigenvalue weighted by atomic mass is 35.5. The molecule has 2 amide bonds. The van der Waals surface area contributed by atoms with Crippen LogP contribution >= 0.6 is 23.2 Å². The standard InChI is InChI=1S/C29H36ClN7O2.C27H34ClN7O2/c30-22-17-31-26-24(22)27(32-18-5-4-6-18)35-29(34-26)33-23-8-7-21(20-11-16-39-25(20)23)28(38)37-14-9-19(10-15-37)36-12-2-1-3-13-36;1-2-29-24-22-20(28)16-30-25(22)33-27(32-24)31-21-7-6-19(18-10-15-37-23(18)21)26(36)35-13-8-17(9-14-35)34-11-4-3-5-12-34/h7-8,17-19H,1-6,9-16H2,(H3,31,32,33,34,35);6-7,16-17H,2-5,8-15H2,1H3,(H3,29,30,31,32,33). The van der Waals surface area contributed by atoms with Crippen LogP contribution in [0.3, 0.4) is 0 Å². The lowest BCUT2D eigenvalue weighted by Gasteiger charge is -2.40. The molecule has 7 aliphatic rings. The van der Waals surface area contributed by atoms with Gasteiger partial charge in [0, 0.05) is 98.3 Å². The van der Waals surface area contributed by atoms with Crippen molar-refractivity contribution < 1.29 is 19.1 Å². The molecular formula is C56H70Cl2N14O4. The Morgan fingerprint density at radius 3 is 1.50 bits per heavy atom. The number of carbonyl (C=O) groups is 2.